The van der Waals surface area contributed by atoms with Crippen LogP contribution in [0.15, 0.2) is 36.5 Å². The van der Waals surface area contributed by atoms with Crippen molar-refractivity contribution in [2.45, 2.75) is 84.0 Å². The molecule has 0 saturated carbocycles. The molecule has 0 aromatic carbocycles. The monoisotopic (exact) mass is 496 g/mol. The quantitative estimate of drug-likeness (QED) is 0.0840. The van der Waals surface area contributed by atoms with E-state index in [0.717, 1.165) is 44.9 Å². The average Bonchev–Trinajstić information content (AvgIpc) is 2.70. The maximum absolute atomic E-state index is 10.8. The highest BCUT2D eigenvalue weighted by molar-refractivity contribution is 7.46. The smallest absolute Gasteiger partial charge is 0.303 e. The summed E-state index contributed by atoms with van der Waals surface area (Å²) in [5.74, 6) is 0.216. The lowest BCUT2D eigenvalue weighted by atomic mass is 9.98. The van der Waals surface area contributed by atoms with Crippen molar-refractivity contribution >= 4 is 15.6 Å². The van der Waals surface area contributed by atoms with Crippen molar-refractivity contribution in [2.75, 3.05) is 13.2 Å². The predicted octanol–water partition coefficient (Wildman–Crippen LogP) is 6.19. The van der Waals surface area contributed by atoms with Crippen LogP contribution in [-0.4, -0.2) is 32.8 Å². The van der Waals surface area contributed by atoms with Crippen LogP contribution in [0.25, 0.3) is 0 Å². The first-order valence-electron chi connectivity index (χ1n) is 11.5. The molecule has 0 heterocycles. The summed E-state index contributed by atoms with van der Waals surface area (Å²) in [6.45, 7) is 2.17. The van der Waals surface area contributed by atoms with E-state index in [1.165, 1.54) is 25.7 Å². The Morgan fingerprint density at radius 2 is 1.19 bits per heavy atom. The zero-order valence-corrected chi connectivity index (χ0v) is 21.0. The highest BCUT2D eigenvalue weighted by Gasteiger charge is 2.17. The van der Waals surface area contributed by atoms with Crippen molar-refractivity contribution in [3.63, 3.8) is 0 Å². The maximum Gasteiger partial charge on any atom is 0.469 e. The Balaban J connectivity index is 3.49. The van der Waals surface area contributed by atoms with Crippen LogP contribution in [-0.2, 0) is 18.2 Å². The summed E-state index contributed by atoms with van der Waals surface area (Å²) in [5, 5.41) is 0. The van der Waals surface area contributed by atoms with Crippen LogP contribution in [0.5, 0.6) is 0 Å². The Labute approximate surface area is 193 Å². The van der Waals surface area contributed by atoms with Crippen LogP contribution in [0.3, 0.4) is 0 Å². The van der Waals surface area contributed by atoms with E-state index in [0.29, 0.717) is 6.42 Å². The fraction of sp³-hybridized carbons (Fsp3) is 0.727. The molecule has 188 valence electrons. The second kappa shape index (κ2) is 19.9. The van der Waals surface area contributed by atoms with Gasteiger partial charge in [-0.2, -0.15) is 0 Å². The highest BCUT2D eigenvalue weighted by Crippen LogP contribution is 2.37. The molecule has 10 heteroatoms. The standard InChI is InChI=1S/C22H42O8P2/c1-2-22(21-30-32(26,27)28)19-17-15-13-11-9-7-5-3-4-6-8-10-12-14-16-18-20-29-31(23,24)25/h3-4,8,10,14,16,22H,2,5-7,9,11-13,15,17-21H2,1H3,(H2,23,24,25)(H2,26,27,28)/b4-3+,10-8+,16-14+. The number of rotatable bonds is 21. The van der Waals surface area contributed by atoms with Crippen LogP contribution >= 0.6 is 15.6 Å². The summed E-state index contributed by atoms with van der Waals surface area (Å²) in [4.78, 5) is 34.6. The lowest BCUT2D eigenvalue weighted by Crippen LogP contribution is -2.07. The number of unbranched alkanes of at least 4 members (excludes halogenated alkanes) is 6. The molecule has 0 bridgehead atoms. The molecule has 0 aliphatic heterocycles. The maximum atomic E-state index is 10.8. The molecule has 0 aromatic rings. The zero-order chi connectivity index (χ0) is 24.1. The second-order valence-electron chi connectivity index (χ2n) is 7.76. The SMILES string of the molecule is CCC(CCCCCCCC/C=C/C/C=C/C/C=C/CCOP(=O)(O)O)COP(=O)(O)O. The number of hydrogen-bond acceptors (Lipinski definition) is 4. The summed E-state index contributed by atoms with van der Waals surface area (Å²) in [5.41, 5.74) is 0. The average molecular weight is 497 g/mol. The van der Waals surface area contributed by atoms with Crippen molar-refractivity contribution in [1.82, 2.24) is 0 Å². The van der Waals surface area contributed by atoms with Crippen LogP contribution in [0.1, 0.15) is 84.0 Å². The van der Waals surface area contributed by atoms with Crippen molar-refractivity contribution in [3.05, 3.63) is 36.5 Å². The third-order valence-corrected chi connectivity index (χ3v) is 5.88. The molecule has 0 rings (SSSR count). The summed E-state index contributed by atoms with van der Waals surface area (Å²) < 4.78 is 30.2. The normalized spacial score (nSPS) is 14.3. The van der Waals surface area contributed by atoms with Gasteiger partial charge in [0.25, 0.3) is 0 Å². The minimum absolute atomic E-state index is 0.0177. The third kappa shape index (κ3) is 25.7. The Morgan fingerprint density at radius 1 is 0.688 bits per heavy atom. The zero-order valence-electron chi connectivity index (χ0n) is 19.3. The molecule has 0 aliphatic rings. The van der Waals surface area contributed by atoms with E-state index in [4.69, 9.17) is 19.6 Å². The molecular formula is C22H42O8P2. The van der Waals surface area contributed by atoms with Gasteiger partial charge in [-0.3, -0.25) is 9.05 Å². The Morgan fingerprint density at radius 3 is 1.75 bits per heavy atom. The number of allylic oxidation sites excluding steroid dienone is 5. The minimum atomic E-state index is -4.35. The minimum Gasteiger partial charge on any atom is -0.303 e. The Bertz CT molecular complexity index is 621. The molecule has 0 spiro atoms. The number of hydrogen-bond donors (Lipinski definition) is 4. The molecule has 0 saturated heterocycles. The first kappa shape index (κ1) is 31.4. The fourth-order valence-corrected chi connectivity index (χ4v) is 3.78. The van der Waals surface area contributed by atoms with Gasteiger partial charge in [0.2, 0.25) is 0 Å². The van der Waals surface area contributed by atoms with E-state index in [9.17, 15) is 9.13 Å². The van der Waals surface area contributed by atoms with Gasteiger partial charge in [0.15, 0.2) is 0 Å². The highest BCUT2D eigenvalue weighted by atomic mass is 31.2. The van der Waals surface area contributed by atoms with Gasteiger partial charge < -0.3 is 19.6 Å². The lowest BCUT2D eigenvalue weighted by molar-refractivity contribution is 0.161. The molecule has 0 fully saturated rings. The summed E-state index contributed by atoms with van der Waals surface area (Å²) in [7, 11) is -8.70. The van der Waals surface area contributed by atoms with E-state index in [1.54, 1.807) is 0 Å². The van der Waals surface area contributed by atoms with Crippen molar-refractivity contribution in [3.8, 4) is 0 Å². The van der Waals surface area contributed by atoms with Gasteiger partial charge in [-0.1, -0.05) is 81.9 Å². The topological polar surface area (TPSA) is 134 Å². The van der Waals surface area contributed by atoms with Gasteiger partial charge in [-0.05, 0) is 44.4 Å². The van der Waals surface area contributed by atoms with Gasteiger partial charge in [0, 0.05) is 0 Å². The number of phosphoric acid groups is 2. The first-order chi connectivity index (χ1) is 15.1. The van der Waals surface area contributed by atoms with Crippen LogP contribution < -0.4 is 0 Å². The first-order valence-corrected chi connectivity index (χ1v) is 14.5. The molecule has 0 radical (unpaired) electrons. The van der Waals surface area contributed by atoms with Crippen molar-refractivity contribution in [1.29, 1.82) is 0 Å². The Kier molecular flexibility index (Phi) is 19.5. The largest absolute Gasteiger partial charge is 0.469 e. The van der Waals surface area contributed by atoms with E-state index in [2.05, 4.69) is 33.4 Å². The summed E-state index contributed by atoms with van der Waals surface area (Å²) in [6.07, 6.45) is 24.5. The molecule has 0 aromatic heterocycles. The van der Waals surface area contributed by atoms with E-state index < -0.39 is 15.6 Å². The molecule has 32 heavy (non-hydrogen) atoms. The third-order valence-electron chi connectivity index (χ3n) is 4.88. The second-order valence-corrected chi connectivity index (χ2v) is 10.2. The van der Waals surface area contributed by atoms with Crippen molar-refractivity contribution in [2.24, 2.45) is 5.92 Å². The van der Waals surface area contributed by atoms with Gasteiger partial charge in [0.05, 0.1) is 13.2 Å². The molecule has 0 aliphatic carbocycles. The van der Waals surface area contributed by atoms with Crippen LogP contribution in [0.4, 0.5) is 0 Å². The van der Waals surface area contributed by atoms with Gasteiger partial charge in [-0.25, -0.2) is 9.13 Å². The molecule has 1 unspecified atom stereocenters. The van der Waals surface area contributed by atoms with Gasteiger partial charge >= 0.3 is 15.6 Å². The molecule has 1 atom stereocenters. The van der Waals surface area contributed by atoms with Gasteiger partial charge in [-0.15, -0.1) is 0 Å². The molecule has 0 amide bonds. The van der Waals surface area contributed by atoms with E-state index in [-0.39, 0.29) is 19.1 Å². The van der Waals surface area contributed by atoms with Crippen LogP contribution in [0.2, 0.25) is 0 Å². The molecular weight excluding hydrogens is 454 g/mol. The molecule has 8 nitrogen and oxygen atoms in total. The van der Waals surface area contributed by atoms with E-state index >= 15 is 0 Å². The Hall–Kier alpha value is -0.560. The van der Waals surface area contributed by atoms with Gasteiger partial charge in [0.1, 0.15) is 0 Å². The molecule has 4 N–H and O–H groups in total. The van der Waals surface area contributed by atoms with Crippen LogP contribution in [0, 0.1) is 5.92 Å². The van der Waals surface area contributed by atoms with Crippen molar-refractivity contribution < 1.29 is 37.8 Å². The van der Waals surface area contributed by atoms with E-state index in [1.807, 2.05) is 19.1 Å². The summed E-state index contributed by atoms with van der Waals surface area (Å²) >= 11 is 0. The number of phosphoric ester groups is 2. The summed E-state index contributed by atoms with van der Waals surface area (Å²) in [6, 6.07) is 0. The predicted molar refractivity (Wildman–Crippen MR) is 128 cm³/mol. The lowest BCUT2D eigenvalue weighted by Gasteiger charge is -2.15. The fourth-order valence-electron chi connectivity index (χ4n) is 3.03.